The molecule has 0 spiro atoms. The topological polar surface area (TPSA) is 50.7 Å². The van der Waals surface area contributed by atoms with Crippen molar-refractivity contribution in [3.05, 3.63) is 95.1 Å². The summed E-state index contributed by atoms with van der Waals surface area (Å²) in [5, 5.41) is 0. The highest BCUT2D eigenvalue weighted by Gasteiger charge is 2.34. The van der Waals surface area contributed by atoms with Crippen molar-refractivity contribution < 1.29 is 13.2 Å². The Kier molecular flexibility index (Phi) is 5.59. The number of benzene rings is 3. The molecule has 3 aromatic carbocycles. The average Bonchev–Trinajstić information content (AvgIpc) is 2.69. The zero-order valence-electron chi connectivity index (χ0n) is 15.1. The Hall–Kier alpha value is -3.41. The van der Waals surface area contributed by atoms with Crippen molar-refractivity contribution in [3.8, 4) is 0 Å². The zero-order valence-corrected chi connectivity index (χ0v) is 15.1. The number of aliphatic imine (C=N–C) groups is 2. The summed E-state index contributed by atoms with van der Waals surface area (Å²) in [6.07, 6.45) is -3.29. The summed E-state index contributed by atoms with van der Waals surface area (Å²) >= 11 is 0. The predicted octanol–water partition coefficient (Wildman–Crippen LogP) is 5.51. The van der Waals surface area contributed by atoms with Gasteiger partial charge in [-0.05, 0) is 12.1 Å². The van der Waals surface area contributed by atoms with Gasteiger partial charge in [0.2, 0.25) is 0 Å². The van der Waals surface area contributed by atoms with Gasteiger partial charge in [0.15, 0.2) is 0 Å². The first-order chi connectivity index (χ1) is 13.4. The number of hydrogen-bond acceptors (Lipinski definition) is 3. The molecular formula is C22H18F3N3. The number of halogens is 3. The third kappa shape index (κ3) is 4.28. The normalized spacial score (nSPS) is 11.6. The molecule has 0 atom stereocenters. The van der Waals surface area contributed by atoms with Crippen LogP contribution in [0.25, 0.3) is 0 Å². The molecule has 142 valence electrons. The van der Waals surface area contributed by atoms with E-state index in [1.165, 1.54) is 19.3 Å². The third-order valence-corrected chi connectivity index (χ3v) is 4.11. The first-order valence-electron chi connectivity index (χ1n) is 8.52. The Morgan fingerprint density at radius 2 is 1.43 bits per heavy atom. The van der Waals surface area contributed by atoms with Crippen molar-refractivity contribution in [2.75, 3.05) is 12.8 Å². The summed E-state index contributed by atoms with van der Waals surface area (Å²) in [4.78, 5) is 8.36. The van der Waals surface area contributed by atoms with Crippen molar-refractivity contribution in [2.24, 2.45) is 9.98 Å². The largest absolute Gasteiger partial charge is 0.418 e. The maximum atomic E-state index is 13.5. The van der Waals surface area contributed by atoms with Crippen molar-refractivity contribution in [2.45, 2.75) is 6.18 Å². The Labute approximate surface area is 161 Å². The lowest BCUT2D eigenvalue weighted by Gasteiger charge is -2.14. The summed E-state index contributed by atoms with van der Waals surface area (Å²) in [6, 6.07) is 21.1. The molecule has 0 bridgehead atoms. The second kappa shape index (κ2) is 8.08. The fourth-order valence-electron chi connectivity index (χ4n) is 2.82. The molecule has 0 unspecified atom stereocenters. The fraction of sp³-hybridized carbons (Fsp3) is 0.0909. The first kappa shape index (κ1) is 19.4. The number of rotatable bonds is 4. The van der Waals surface area contributed by atoms with Gasteiger partial charge >= 0.3 is 6.18 Å². The van der Waals surface area contributed by atoms with E-state index in [1.807, 2.05) is 60.7 Å². The van der Waals surface area contributed by atoms with Gasteiger partial charge in [0.1, 0.15) is 0 Å². The van der Waals surface area contributed by atoms with Gasteiger partial charge in [-0.2, -0.15) is 13.2 Å². The first-order valence-corrected chi connectivity index (χ1v) is 8.52. The van der Waals surface area contributed by atoms with Crippen LogP contribution in [0.2, 0.25) is 0 Å². The van der Waals surface area contributed by atoms with Crippen LogP contribution in [-0.4, -0.2) is 19.0 Å². The van der Waals surface area contributed by atoms with Crippen LogP contribution in [0, 0.1) is 0 Å². The van der Waals surface area contributed by atoms with Crippen LogP contribution in [0.1, 0.15) is 22.3 Å². The van der Waals surface area contributed by atoms with Crippen molar-refractivity contribution in [1.29, 1.82) is 0 Å². The number of anilines is 1. The second-order valence-electron chi connectivity index (χ2n) is 6.07. The Balaban J connectivity index is 2.24. The van der Waals surface area contributed by atoms with E-state index in [0.717, 1.165) is 17.2 Å². The lowest BCUT2D eigenvalue weighted by Crippen LogP contribution is -2.11. The average molecular weight is 381 g/mol. The molecule has 0 aromatic heterocycles. The molecule has 0 heterocycles. The van der Waals surface area contributed by atoms with E-state index in [4.69, 9.17) is 5.73 Å². The number of hydrogen-bond donors (Lipinski definition) is 1. The zero-order chi connectivity index (χ0) is 20.1. The lowest BCUT2D eigenvalue weighted by molar-refractivity contribution is -0.136. The van der Waals surface area contributed by atoms with Crippen LogP contribution in [-0.2, 0) is 6.18 Å². The summed E-state index contributed by atoms with van der Waals surface area (Å²) in [5.41, 5.74) is 6.92. The Bertz CT molecular complexity index is 967. The van der Waals surface area contributed by atoms with E-state index in [1.54, 1.807) is 0 Å². The van der Waals surface area contributed by atoms with E-state index in [-0.39, 0.29) is 16.9 Å². The molecule has 0 saturated carbocycles. The SMILES string of the molecule is CN=Cc1cc(N=C(c2ccccc2)c2ccccc2)cc(C(F)(F)F)c1N. The molecule has 0 amide bonds. The standard InChI is InChI=1S/C22H18F3N3/c1-27-14-17-12-18(13-19(20(17)26)22(23,24)25)28-21(15-8-4-2-5-9-15)16-10-6-3-7-11-16/h2-14H,26H2,1H3. The summed E-state index contributed by atoms with van der Waals surface area (Å²) in [7, 11) is 1.47. The van der Waals surface area contributed by atoms with Gasteiger partial charge in [0.05, 0.1) is 22.6 Å². The summed E-state index contributed by atoms with van der Waals surface area (Å²) < 4.78 is 40.4. The monoisotopic (exact) mass is 381 g/mol. The second-order valence-corrected chi connectivity index (χ2v) is 6.07. The number of nitrogens with zero attached hydrogens (tertiary/aromatic N) is 2. The number of alkyl halides is 3. The van der Waals surface area contributed by atoms with Crippen LogP contribution >= 0.6 is 0 Å². The van der Waals surface area contributed by atoms with Gasteiger partial charge in [-0.25, -0.2) is 4.99 Å². The smallest absolute Gasteiger partial charge is 0.398 e. The van der Waals surface area contributed by atoms with Crippen LogP contribution in [0.4, 0.5) is 24.5 Å². The van der Waals surface area contributed by atoms with Crippen LogP contribution in [0.3, 0.4) is 0 Å². The molecule has 3 rings (SSSR count). The molecule has 0 aliphatic carbocycles. The van der Waals surface area contributed by atoms with E-state index in [2.05, 4.69) is 9.98 Å². The van der Waals surface area contributed by atoms with Gasteiger partial charge in [-0.1, -0.05) is 60.7 Å². The molecule has 3 nitrogen and oxygen atoms in total. The van der Waals surface area contributed by atoms with E-state index < -0.39 is 11.7 Å². The molecule has 0 aliphatic rings. The van der Waals surface area contributed by atoms with Gasteiger partial charge in [-0.15, -0.1) is 0 Å². The van der Waals surface area contributed by atoms with Crippen molar-refractivity contribution in [3.63, 3.8) is 0 Å². The highest BCUT2D eigenvalue weighted by molar-refractivity contribution is 6.14. The number of nitrogens with two attached hydrogens (primary N) is 1. The summed E-state index contributed by atoms with van der Waals surface area (Å²) in [6.45, 7) is 0. The van der Waals surface area contributed by atoms with Crippen LogP contribution < -0.4 is 5.73 Å². The van der Waals surface area contributed by atoms with E-state index >= 15 is 0 Å². The van der Waals surface area contributed by atoms with Crippen molar-refractivity contribution in [1.82, 2.24) is 0 Å². The molecule has 0 saturated heterocycles. The highest BCUT2D eigenvalue weighted by Crippen LogP contribution is 2.38. The van der Waals surface area contributed by atoms with Gasteiger partial charge < -0.3 is 5.73 Å². The lowest BCUT2D eigenvalue weighted by atomic mass is 10.0. The molecule has 0 fully saturated rings. The number of nitrogen functional groups attached to an aromatic ring is 1. The van der Waals surface area contributed by atoms with E-state index in [9.17, 15) is 13.2 Å². The highest BCUT2D eigenvalue weighted by atomic mass is 19.4. The quantitative estimate of drug-likeness (QED) is 0.470. The maximum Gasteiger partial charge on any atom is 0.418 e. The Morgan fingerprint density at radius 1 is 0.893 bits per heavy atom. The molecule has 0 aliphatic heterocycles. The molecular weight excluding hydrogens is 363 g/mol. The minimum Gasteiger partial charge on any atom is -0.398 e. The minimum absolute atomic E-state index is 0.152. The van der Waals surface area contributed by atoms with Crippen LogP contribution in [0.15, 0.2) is 82.8 Å². The predicted molar refractivity (Wildman–Crippen MR) is 108 cm³/mol. The third-order valence-electron chi connectivity index (χ3n) is 4.11. The molecule has 2 N–H and O–H groups in total. The Morgan fingerprint density at radius 3 is 1.89 bits per heavy atom. The van der Waals surface area contributed by atoms with Gasteiger partial charge in [-0.3, -0.25) is 4.99 Å². The molecule has 3 aromatic rings. The fourth-order valence-corrected chi connectivity index (χ4v) is 2.82. The van der Waals surface area contributed by atoms with Gasteiger partial charge in [0.25, 0.3) is 0 Å². The van der Waals surface area contributed by atoms with Crippen molar-refractivity contribution >= 4 is 23.3 Å². The van der Waals surface area contributed by atoms with E-state index in [0.29, 0.717) is 5.71 Å². The van der Waals surface area contributed by atoms with Crippen LogP contribution in [0.5, 0.6) is 0 Å². The van der Waals surface area contributed by atoms with Gasteiger partial charge in [0, 0.05) is 30.0 Å². The maximum absolute atomic E-state index is 13.5. The summed E-state index contributed by atoms with van der Waals surface area (Å²) in [5.74, 6) is 0. The minimum atomic E-state index is -4.59. The molecule has 28 heavy (non-hydrogen) atoms. The molecule has 0 radical (unpaired) electrons. The molecule has 6 heteroatoms.